The number of ether oxygens (including phenoxy) is 1. The molecule has 3 aliphatic heterocycles. The first kappa shape index (κ1) is 14.6. The topological polar surface area (TPSA) is 123 Å². The maximum absolute atomic E-state index is 12.3. The third-order valence-corrected chi connectivity index (χ3v) is 4.69. The van der Waals surface area contributed by atoms with Crippen molar-refractivity contribution in [2.24, 2.45) is 28.3 Å². The van der Waals surface area contributed by atoms with E-state index in [-0.39, 0.29) is 41.8 Å². The number of hydrogen-bond donors (Lipinski definition) is 3. The zero-order chi connectivity index (χ0) is 15.1. The van der Waals surface area contributed by atoms with Gasteiger partial charge in [-0.25, -0.2) is 0 Å². The van der Waals surface area contributed by atoms with E-state index in [2.05, 4.69) is 10.3 Å². The number of aliphatic imine (C=N–C) groups is 1. The van der Waals surface area contributed by atoms with Crippen LogP contribution in [0.15, 0.2) is 17.1 Å². The predicted molar refractivity (Wildman–Crippen MR) is 70.3 cm³/mol. The van der Waals surface area contributed by atoms with Crippen LogP contribution in [0.1, 0.15) is 0 Å². The fourth-order valence-corrected chi connectivity index (χ4v) is 3.76. The van der Waals surface area contributed by atoms with E-state index in [1.165, 1.54) is 4.90 Å². The fraction of sp³-hybridized carbons (Fsp3) is 0.500. The zero-order valence-electron chi connectivity index (χ0n) is 11.1. The molecule has 9 heteroatoms. The molecule has 2 fully saturated rings. The number of nitrogens with two attached hydrogens (primary N) is 2. The number of nitrogens with zero attached hydrogens (tertiary/aromatic N) is 2. The summed E-state index contributed by atoms with van der Waals surface area (Å²) in [4.78, 5) is 29.9. The van der Waals surface area contributed by atoms with Gasteiger partial charge in [0.1, 0.15) is 0 Å². The summed E-state index contributed by atoms with van der Waals surface area (Å²) >= 11 is 1.07. The molecule has 112 valence electrons. The Morgan fingerprint density at radius 1 is 1.29 bits per heavy atom. The summed E-state index contributed by atoms with van der Waals surface area (Å²) in [5.74, 6) is -0.997. The van der Waals surface area contributed by atoms with Gasteiger partial charge in [-0.3, -0.25) is 0 Å². The molecule has 2 saturated heterocycles. The molecule has 4 unspecified atom stereocenters. The van der Waals surface area contributed by atoms with E-state index < -0.39 is 0 Å². The van der Waals surface area contributed by atoms with Crippen LogP contribution in [0.4, 0.5) is 0 Å². The van der Waals surface area contributed by atoms with Gasteiger partial charge in [0.25, 0.3) is 0 Å². The molecule has 0 aliphatic carbocycles. The summed E-state index contributed by atoms with van der Waals surface area (Å²) in [5.41, 5.74) is 10.5. The molecule has 21 heavy (non-hydrogen) atoms. The molecule has 0 saturated carbocycles. The summed E-state index contributed by atoms with van der Waals surface area (Å²) in [7, 11) is 0. The van der Waals surface area contributed by atoms with Crippen LogP contribution < -0.4 is 16.8 Å². The molecule has 0 aromatic rings. The van der Waals surface area contributed by atoms with E-state index in [0.717, 1.165) is 19.4 Å². The molecule has 3 heterocycles. The van der Waals surface area contributed by atoms with Gasteiger partial charge in [0, 0.05) is 0 Å². The minimum absolute atomic E-state index is 0.0184. The first-order valence-corrected chi connectivity index (χ1v) is 8.02. The molecule has 0 spiro atoms. The van der Waals surface area contributed by atoms with E-state index in [0.29, 0.717) is 17.2 Å². The third-order valence-electron chi connectivity index (χ3n) is 3.84. The van der Waals surface area contributed by atoms with Crippen LogP contribution in [0.3, 0.4) is 0 Å². The number of amides is 2. The first-order valence-electron chi connectivity index (χ1n) is 6.55. The third kappa shape index (κ3) is 2.47. The van der Waals surface area contributed by atoms with Gasteiger partial charge in [-0.1, -0.05) is 0 Å². The zero-order valence-corrected chi connectivity index (χ0v) is 14.0. The fourth-order valence-electron chi connectivity index (χ4n) is 3.02. The molecule has 0 aromatic carbocycles. The van der Waals surface area contributed by atoms with Crippen molar-refractivity contribution >= 4 is 21.9 Å². The molecule has 3 rings (SSSR count). The summed E-state index contributed by atoms with van der Waals surface area (Å²) in [5, 5.41) is 3.00. The summed E-state index contributed by atoms with van der Waals surface area (Å²) in [6, 6.07) is 0. The van der Waals surface area contributed by atoms with Crippen LogP contribution in [-0.4, -0.2) is 52.1 Å². The number of likely N-dealkylation sites (tertiary alicyclic amines) is 1. The van der Waals surface area contributed by atoms with Gasteiger partial charge in [-0.05, 0) is 0 Å². The normalized spacial score (nSPS) is 32.7. The van der Waals surface area contributed by atoms with Gasteiger partial charge in [-0.2, -0.15) is 0 Å². The quantitative estimate of drug-likeness (QED) is 0.179. The van der Waals surface area contributed by atoms with Gasteiger partial charge >= 0.3 is 132 Å². The van der Waals surface area contributed by atoms with Gasteiger partial charge in [-0.15, -0.1) is 0 Å². The molecule has 0 aromatic heterocycles. The van der Waals surface area contributed by atoms with Crippen molar-refractivity contribution in [2.45, 2.75) is 12.2 Å². The average Bonchev–Trinajstić information content (AvgIpc) is 3.06. The van der Waals surface area contributed by atoms with E-state index >= 15 is 0 Å². The average molecular weight is 461 g/mol. The van der Waals surface area contributed by atoms with Crippen molar-refractivity contribution in [1.82, 2.24) is 10.2 Å². The van der Waals surface area contributed by atoms with Crippen LogP contribution in [0.5, 0.6) is 0 Å². The Labute approximate surface area is 132 Å². The number of carbonyl (C=O) groups is 2. The molecule has 3 aliphatic rings. The monoisotopic (exact) mass is 461 g/mol. The van der Waals surface area contributed by atoms with Crippen molar-refractivity contribution in [3.63, 3.8) is 0 Å². The SMILES string of the molecule is NC(N)=N[C](=[W])NCCN1C(=O)C2C3C=CC(O3)C2C1=O. The number of hydrogen-bond acceptors (Lipinski definition) is 5. The molecule has 5 N–H and O–H groups in total. The van der Waals surface area contributed by atoms with Gasteiger partial charge in [0.15, 0.2) is 0 Å². The van der Waals surface area contributed by atoms with Crippen molar-refractivity contribution in [3.8, 4) is 0 Å². The molecule has 8 nitrogen and oxygen atoms in total. The number of guanidine groups is 1. The Morgan fingerprint density at radius 2 is 1.86 bits per heavy atom. The Bertz CT molecular complexity index is 541. The van der Waals surface area contributed by atoms with E-state index in [1.54, 1.807) is 0 Å². The Balaban J connectivity index is 1.58. The van der Waals surface area contributed by atoms with Gasteiger partial charge < -0.3 is 0 Å². The van der Waals surface area contributed by atoms with Crippen molar-refractivity contribution in [1.29, 1.82) is 0 Å². The summed E-state index contributed by atoms with van der Waals surface area (Å²) in [6.45, 7) is 0.733. The van der Waals surface area contributed by atoms with Crippen LogP contribution in [0, 0.1) is 11.8 Å². The second kappa shape index (κ2) is 5.44. The molecular formula is C12H15N5O3W. The molecular weight excluding hydrogens is 446 g/mol. The summed E-state index contributed by atoms with van der Waals surface area (Å²) in [6.07, 6.45) is 3.26. The first-order chi connectivity index (χ1) is 9.99. The van der Waals surface area contributed by atoms with Crippen LogP contribution in [0.2, 0.25) is 0 Å². The Hall–Kier alpha value is -1.37. The maximum atomic E-state index is 12.3. The minimum atomic E-state index is -0.346. The van der Waals surface area contributed by atoms with Crippen LogP contribution in [0.25, 0.3) is 0 Å². The Kier molecular flexibility index (Phi) is 3.77. The van der Waals surface area contributed by atoms with Gasteiger partial charge in [0.2, 0.25) is 0 Å². The Morgan fingerprint density at radius 3 is 2.38 bits per heavy atom. The van der Waals surface area contributed by atoms with Gasteiger partial charge in [0.05, 0.1) is 0 Å². The summed E-state index contributed by atoms with van der Waals surface area (Å²) < 4.78 is 6.20. The van der Waals surface area contributed by atoms with E-state index in [4.69, 9.17) is 16.2 Å². The number of fused-ring (bicyclic) bond motifs is 5. The van der Waals surface area contributed by atoms with Crippen molar-refractivity contribution < 1.29 is 33.7 Å². The second-order valence-electron chi connectivity index (χ2n) is 5.10. The molecule has 2 bridgehead atoms. The number of imide groups is 1. The van der Waals surface area contributed by atoms with Crippen molar-refractivity contribution in [3.05, 3.63) is 12.2 Å². The number of nitrogens with one attached hydrogen (secondary N) is 1. The number of rotatable bonds is 5. The van der Waals surface area contributed by atoms with Crippen LogP contribution >= 0.6 is 0 Å². The predicted octanol–water partition coefficient (Wildman–Crippen LogP) is -2.58. The molecule has 2 amide bonds. The second-order valence-corrected chi connectivity index (χ2v) is 6.49. The van der Waals surface area contributed by atoms with E-state index in [1.807, 2.05) is 12.2 Å². The van der Waals surface area contributed by atoms with Crippen molar-refractivity contribution in [2.75, 3.05) is 13.1 Å². The van der Waals surface area contributed by atoms with Crippen LogP contribution in [-0.2, 0) is 33.7 Å². The number of carbonyl (C=O) groups excluding carboxylic acids is 2. The van der Waals surface area contributed by atoms with E-state index in [9.17, 15) is 9.59 Å². The molecule has 0 radical (unpaired) electrons. The standard InChI is InChI=1S/C12H15N5O3.W/c13-12(14)16-5-15-3-4-17-10(18)8-6-1-2-7(20-6)9(8)11(17)19;/h1-2,6-9,15H,3-4H2,(H4,13,14,16);. The molecule has 4 atom stereocenters.